The number of benzene rings is 3. The van der Waals surface area contributed by atoms with Crippen LogP contribution < -0.4 is 0 Å². The molecule has 0 bridgehead atoms. The first-order valence-corrected chi connectivity index (χ1v) is 10.1. The molecule has 0 saturated heterocycles. The Morgan fingerprint density at radius 1 is 0.931 bits per heavy atom. The largest absolute Gasteiger partial charge is 0.290 e. The van der Waals surface area contributed by atoms with Gasteiger partial charge in [0, 0.05) is 34.6 Å². The Kier molecular flexibility index (Phi) is 5.68. The molecule has 0 spiro atoms. The van der Waals surface area contributed by atoms with Crippen LogP contribution in [-0.4, -0.2) is 22.2 Å². The number of hydrogen-bond donors (Lipinski definition) is 0. The molecule has 4 aromatic rings. The third-order valence-electron chi connectivity index (χ3n) is 4.67. The third-order valence-corrected chi connectivity index (χ3v) is 4.90. The summed E-state index contributed by atoms with van der Waals surface area (Å²) in [5, 5.41) is 1.64. The van der Waals surface area contributed by atoms with Crippen LogP contribution in [0, 0.1) is 0 Å². The second-order valence-electron chi connectivity index (χ2n) is 7.26. The van der Waals surface area contributed by atoms with E-state index in [1.807, 2.05) is 54.7 Å². The van der Waals surface area contributed by atoms with Gasteiger partial charge in [-0.15, -0.1) is 0 Å². The highest BCUT2D eigenvalue weighted by atomic mass is 35.5. The molecular weight excluding hydrogens is 378 g/mol. The second-order valence-corrected chi connectivity index (χ2v) is 7.70. The van der Waals surface area contributed by atoms with E-state index in [1.165, 1.54) is 0 Å². The molecule has 0 aliphatic rings. The van der Waals surface area contributed by atoms with Crippen molar-refractivity contribution >= 4 is 28.7 Å². The molecule has 0 fully saturated rings. The average molecular weight is 400 g/mol. The Balaban J connectivity index is 1.81. The van der Waals surface area contributed by atoms with E-state index in [2.05, 4.69) is 43.1 Å². The summed E-state index contributed by atoms with van der Waals surface area (Å²) in [4.78, 5) is 14.3. The Morgan fingerprint density at radius 2 is 1.69 bits per heavy atom. The summed E-state index contributed by atoms with van der Waals surface area (Å²) >= 11 is 6.26. The topological polar surface area (TPSA) is 38.1 Å². The van der Waals surface area contributed by atoms with Gasteiger partial charge in [-0.1, -0.05) is 66.2 Å². The molecule has 1 heterocycles. The number of hydrogen-bond acceptors (Lipinski definition) is 3. The predicted molar refractivity (Wildman–Crippen MR) is 122 cm³/mol. The Labute approximate surface area is 176 Å². The molecule has 1 aromatic heterocycles. The molecule has 4 rings (SSSR count). The van der Waals surface area contributed by atoms with Gasteiger partial charge in [0.15, 0.2) is 0 Å². The van der Waals surface area contributed by atoms with Crippen molar-refractivity contribution in [3.63, 3.8) is 0 Å². The Bertz CT molecular complexity index is 1170. The highest BCUT2D eigenvalue weighted by Gasteiger charge is 2.12. The fraction of sp³-hybridized carbons (Fsp3) is 0.160. The maximum Gasteiger partial charge on any atom is 0.134 e. The highest BCUT2D eigenvalue weighted by molar-refractivity contribution is 6.31. The lowest BCUT2D eigenvalue weighted by Crippen LogP contribution is -2.03. The van der Waals surface area contributed by atoms with Gasteiger partial charge >= 0.3 is 0 Å². The number of fused-ring (bicyclic) bond motifs is 1. The Hall–Kier alpha value is -3.04. The van der Waals surface area contributed by atoms with E-state index >= 15 is 0 Å². The summed E-state index contributed by atoms with van der Waals surface area (Å²) in [6.45, 7) is 4.14. The van der Waals surface area contributed by atoms with Crippen LogP contribution in [0.2, 0.25) is 5.02 Å². The summed E-state index contributed by atoms with van der Waals surface area (Å²) in [5.41, 5.74) is 5.11. The molecule has 0 saturated carbocycles. The standard InChI is InChI=1S/C25H22ClN3/c1-17(2)27-16-20-11-7-6-10-19(20)14-24-28-23-13-12-21(26)15-22(23)25(29-24)18-8-4-3-5-9-18/h3-13,15-17H,14H2,1-2H3. The predicted octanol–water partition coefficient (Wildman–Crippen LogP) is 6.37. The van der Waals surface area contributed by atoms with Crippen LogP contribution in [0.1, 0.15) is 30.8 Å². The summed E-state index contributed by atoms with van der Waals surface area (Å²) in [5.74, 6) is 0.782. The van der Waals surface area contributed by atoms with Crippen molar-refractivity contribution in [2.45, 2.75) is 26.3 Å². The summed E-state index contributed by atoms with van der Waals surface area (Å²) in [7, 11) is 0. The Morgan fingerprint density at radius 3 is 2.48 bits per heavy atom. The van der Waals surface area contributed by atoms with Gasteiger partial charge in [0.05, 0.1) is 11.2 Å². The lowest BCUT2D eigenvalue weighted by atomic mass is 10.0. The van der Waals surface area contributed by atoms with Crippen molar-refractivity contribution in [1.82, 2.24) is 9.97 Å². The van der Waals surface area contributed by atoms with E-state index in [0.717, 1.165) is 39.1 Å². The molecule has 3 aromatic carbocycles. The van der Waals surface area contributed by atoms with E-state index in [4.69, 9.17) is 21.6 Å². The molecule has 0 amide bonds. The normalized spacial score (nSPS) is 11.6. The molecule has 0 unspecified atom stereocenters. The first-order valence-electron chi connectivity index (χ1n) is 9.73. The van der Waals surface area contributed by atoms with Crippen LogP contribution in [0.5, 0.6) is 0 Å². The van der Waals surface area contributed by atoms with Gasteiger partial charge in [0.2, 0.25) is 0 Å². The van der Waals surface area contributed by atoms with Gasteiger partial charge in [-0.25, -0.2) is 9.97 Å². The minimum absolute atomic E-state index is 0.259. The lowest BCUT2D eigenvalue weighted by Gasteiger charge is -2.11. The van der Waals surface area contributed by atoms with Gasteiger partial charge in [-0.05, 0) is 43.2 Å². The van der Waals surface area contributed by atoms with E-state index in [1.54, 1.807) is 0 Å². The first kappa shape index (κ1) is 19.3. The molecule has 0 aliphatic carbocycles. The average Bonchev–Trinajstić information content (AvgIpc) is 2.73. The first-order chi connectivity index (χ1) is 14.1. The van der Waals surface area contributed by atoms with Crippen molar-refractivity contribution in [3.05, 3.63) is 94.8 Å². The van der Waals surface area contributed by atoms with Crippen LogP contribution in [-0.2, 0) is 6.42 Å². The number of halogens is 1. The van der Waals surface area contributed by atoms with Crippen LogP contribution in [0.4, 0.5) is 0 Å². The van der Waals surface area contributed by atoms with Crippen LogP contribution in [0.15, 0.2) is 77.8 Å². The third kappa shape index (κ3) is 4.52. The fourth-order valence-corrected chi connectivity index (χ4v) is 3.44. The minimum atomic E-state index is 0.259. The molecular formula is C25H22ClN3. The maximum atomic E-state index is 6.26. The van der Waals surface area contributed by atoms with Crippen molar-refractivity contribution in [3.8, 4) is 11.3 Å². The molecule has 0 atom stereocenters. The monoisotopic (exact) mass is 399 g/mol. The van der Waals surface area contributed by atoms with Crippen LogP contribution in [0.3, 0.4) is 0 Å². The molecule has 4 heteroatoms. The van der Waals surface area contributed by atoms with Gasteiger partial charge in [-0.2, -0.15) is 0 Å². The lowest BCUT2D eigenvalue weighted by molar-refractivity contribution is 0.841. The fourth-order valence-electron chi connectivity index (χ4n) is 3.26. The van der Waals surface area contributed by atoms with E-state index < -0.39 is 0 Å². The smallest absolute Gasteiger partial charge is 0.134 e. The van der Waals surface area contributed by atoms with E-state index in [-0.39, 0.29) is 6.04 Å². The highest BCUT2D eigenvalue weighted by Crippen LogP contribution is 2.29. The van der Waals surface area contributed by atoms with Crippen molar-refractivity contribution < 1.29 is 0 Å². The molecule has 0 N–H and O–H groups in total. The van der Waals surface area contributed by atoms with E-state index in [9.17, 15) is 0 Å². The zero-order valence-electron chi connectivity index (χ0n) is 16.5. The SMILES string of the molecule is CC(C)N=Cc1ccccc1Cc1nc(-c2ccccc2)c2cc(Cl)ccc2n1. The zero-order valence-corrected chi connectivity index (χ0v) is 17.3. The molecule has 0 aliphatic heterocycles. The number of nitrogens with zero attached hydrogens (tertiary/aromatic N) is 3. The van der Waals surface area contributed by atoms with Crippen LogP contribution in [0.25, 0.3) is 22.2 Å². The van der Waals surface area contributed by atoms with Gasteiger partial charge in [-0.3, -0.25) is 4.99 Å². The second kappa shape index (κ2) is 8.54. The maximum absolute atomic E-state index is 6.26. The molecule has 144 valence electrons. The molecule has 29 heavy (non-hydrogen) atoms. The van der Waals surface area contributed by atoms with Crippen molar-refractivity contribution in [1.29, 1.82) is 0 Å². The number of aliphatic imine (C=N–C) groups is 1. The van der Waals surface area contributed by atoms with Crippen molar-refractivity contribution in [2.75, 3.05) is 0 Å². The number of aromatic nitrogens is 2. The van der Waals surface area contributed by atoms with Gasteiger partial charge in [0.25, 0.3) is 0 Å². The zero-order chi connectivity index (χ0) is 20.2. The number of rotatable bonds is 5. The molecule has 3 nitrogen and oxygen atoms in total. The summed E-state index contributed by atoms with van der Waals surface area (Å²) < 4.78 is 0. The van der Waals surface area contributed by atoms with Gasteiger partial charge in [0.1, 0.15) is 5.82 Å². The minimum Gasteiger partial charge on any atom is -0.290 e. The van der Waals surface area contributed by atoms with E-state index in [0.29, 0.717) is 11.4 Å². The van der Waals surface area contributed by atoms with Crippen molar-refractivity contribution in [2.24, 2.45) is 4.99 Å². The summed E-state index contributed by atoms with van der Waals surface area (Å²) in [6.07, 6.45) is 2.58. The summed E-state index contributed by atoms with van der Waals surface area (Å²) in [6, 6.07) is 24.5. The molecule has 0 radical (unpaired) electrons. The van der Waals surface area contributed by atoms with Crippen LogP contribution >= 0.6 is 11.6 Å². The quantitative estimate of drug-likeness (QED) is 0.366. The van der Waals surface area contributed by atoms with Gasteiger partial charge < -0.3 is 0 Å².